The van der Waals surface area contributed by atoms with Gasteiger partial charge in [0, 0.05) is 5.02 Å². The lowest BCUT2D eigenvalue weighted by atomic mass is 10.2. The molecule has 3 rings (SSSR count). The molecule has 25 heavy (non-hydrogen) atoms. The fourth-order valence-electron chi connectivity index (χ4n) is 2.34. The molecule has 1 amide bonds. The lowest BCUT2D eigenvalue weighted by Crippen LogP contribution is -2.12. The smallest absolute Gasteiger partial charge is 0.291 e. The number of carbonyl (C=O) groups excluding carboxylic acids is 1. The molecule has 0 radical (unpaired) electrons. The largest absolute Gasteiger partial charge is 0.485 e. The number of anilines is 1. The molecule has 0 aliphatic rings. The number of aromatic nitrogens is 1. The fourth-order valence-corrected chi connectivity index (χ4v) is 2.56. The third-order valence-electron chi connectivity index (χ3n) is 3.66. The minimum absolute atomic E-state index is 0.187. The van der Waals surface area contributed by atoms with Gasteiger partial charge in [-0.15, -0.1) is 0 Å². The first kappa shape index (κ1) is 17.1. The molecule has 0 aliphatic heterocycles. The molecule has 0 saturated carbocycles. The number of amides is 1. The maximum absolute atomic E-state index is 12.3. The summed E-state index contributed by atoms with van der Waals surface area (Å²) in [6, 6.07) is 8.68. The van der Waals surface area contributed by atoms with E-state index in [9.17, 15) is 4.79 Å². The van der Waals surface area contributed by atoms with Crippen molar-refractivity contribution < 1.29 is 18.5 Å². The Morgan fingerprint density at radius 3 is 2.72 bits per heavy atom. The van der Waals surface area contributed by atoms with Crippen molar-refractivity contribution in [2.75, 3.05) is 5.32 Å². The molecule has 0 bridgehead atoms. The van der Waals surface area contributed by atoms with E-state index < -0.39 is 0 Å². The molecule has 2 heterocycles. The van der Waals surface area contributed by atoms with Gasteiger partial charge in [0.25, 0.3) is 5.91 Å². The summed E-state index contributed by atoms with van der Waals surface area (Å²) >= 11 is 5.92. The van der Waals surface area contributed by atoms with Crippen molar-refractivity contribution in [3.8, 4) is 5.75 Å². The predicted octanol–water partition coefficient (Wildman–Crippen LogP) is 4.68. The van der Waals surface area contributed by atoms with Crippen LogP contribution in [0.4, 0.5) is 5.69 Å². The summed E-state index contributed by atoms with van der Waals surface area (Å²) in [5.41, 5.74) is 2.09. The van der Waals surface area contributed by atoms with Gasteiger partial charge in [-0.3, -0.25) is 4.79 Å². The second-order valence-corrected chi connectivity index (χ2v) is 6.05. The molecule has 1 aromatic carbocycles. The number of nitrogens with one attached hydrogen (secondary N) is 1. The molecular weight excluding hydrogens is 344 g/mol. The van der Waals surface area contributed by atoms with E-state index in [2.05, 4.69) is 10.5 Å². The van der Waals surface area contributed by atoms with Crippen LogP contribution < -0.4 is 10.1 Å². The summed E-state index contributed by atoms with van der Waals surface area (Å²) in [7, 11) is 0. The normalized spacial score (nSPS) is 10.7. The van der Waals surface area contributed by atoms with Crippen LogP contribution >= 0.6 is 11.6 Å². The second kappa shape index (κ2) is 7.03. The third kappa shape index (κ3) is 3.85. The molecule has 0 spiro atoms. The van der Waals surface area contributed by atoms with Gasteiger partial charge in [-0.25, -0.2) is 0 Å². The first-order valence-electron chi connectivity index (χ1n) is 7.66. The van der Waals surface area contributed by atoms with Gasteiger partial charge in [0.15, 0.2) is 11.5 Å². The van der Waals surface area contributed by atoms with Crippen LogP contribution in [-0.2, 0) is 6.61 Å². The number of hydrogen-bond donors (Lipinski definition) is 1. The molecule has 1 N–H and O–H groups in total. The molecule has 0 unspecified atom stereocenters. The van der Waals surface area contributed by atoms with Gasteiger partial charge in [-0.2, -0.15) is 0 Å². The van der Waals surface area contributed by atoms with Crippen LogP contribution in [0.15, 0.2) is 39.3 Å². The first-order chi connectivity index (χ1) is 11.9. The van der Waals surface area contributed by atoms with Crippen LogP contribution in [0, 0.1) is 20.8 Å². The van der Waals surface area contributed by atoms with Crippen molar-refractivity contribution in [3.63, 3.8) is 0 Å². The van der Waals surface area contributed by atoms with Gasteiger partial charge in [-0.05, 0) is 56.7 Å². The zero-order valence-corrected chi connectivity index (χ0v) is 14.8. The van der Waals surface area contributed by atoms with Crippen LogP contribution in [0.2, 0.25) is 5.02 Å². The SMILES string of the molecule is Cc1cc(Cl)ccc1OCc1ccc(C(=O)Nc2c(C)noc2C)o1. The number of halogens is 1. The maximum Gasteiger partial charge on any atom is 0.291 e. The highest BCUT2D eigenvalue weighted by Gasteiger charge is 2.17. The fraction of sp³-hybridized carbons (Fsp3) is 0.222. The van der Waals surface area contributed by atoms with Gasteiger partial charge in [-0.1, -0.05) is 16.8 Å². The van der Waals surface area contributed by atoms with Gasteiger partial charge < -0.3 is 19.0 Å². The van der Waals surface area contributed by atoms with Crippen molar-refractivity contribution in [2.45, 2.75) is 27.4 Å². The topological polar surface area (TPSA) is 77.5 Å². The minimum atomic E-state index is -0.372. The van der Waals surface area contributed by atoms with Crippen LogP contribution in [-0.4, -0.2) is 11.1 Å². The molecule has 0 aliphatic carbocycles. The number of furan rings is 1. The van der Waals surface area contributed by atoms with Gasteiger partial charge in [0.2, 0.25) is 0 Å². The van der Waals surface area contributed by atoms with Gasteiger partial charge in [0.05, 0.1) is 0 Å². The second-order valence-electron chi connectivity index (χ2n) is 5.62. The quantitative estimate of drug-likeness (QED) is 0.714. The van der Waals surface area contributed by atoms with E-state index in [1.54, 1.807) is 38.1 Å². The van der Waals surface area contributed by atoms with E-state index in [1.807, 2.05) is 13.0 Å². The Hall–Kier alpha value is -2.73. The summed E-state index contributed by atoms with van der Waals surface area (Å²) in [6.07, 6.45) is 0. The third-order valence-corrected chi connectivity index (χ3v) is 3.90. The summed E-state index contributed by atoms with van der Waals surface area (Å²) < 4.78 is 16.3. The van der Waals surface area contributed by atoms with Crippen molar-refractivity contribution in [1.82, 2.24) is 5.16 Å². The lowest BCUT2D eigenvalue weighted by Gasteiger charge is -2.07. The zero-order valence-electron chi connectivity index (χ0n) is 14.1. The molecule has 3 aromatic rings. The molecule has 0 fully saturated rings. The molecule has 7 heteroatoms. The number of rotatable bonds is 5. The van der Waals surface area contributed by atoms with Crippen LogP contribution in [0.5, 0.6) is 5.75 Å². The highest BCUT2D eigenvalue weighted by atomic mass is 35.5. The Bertz CT molecular complexity index is 894. The number of benzene rings is 1. The number of nitrogens with zero attached hydrogens (tertiary/aromatic N) is 1. The molecule has 6 nitrogen and oxygen atoms in total. The Labute approximate surface area is 149 Å². The van der Waals surface area contributed by atoms with Crippen LogP contribution in [0.3, 0.4) is 0 Å². The highest BCUT2D eigenvalue weighted by Crippen LogP contribution is 2.24. The average Bonchev–Trinajstić information content (AvgIpc) is 3.16. The Morgan fingerprint density at radius 1 is 1.24 bits per heavy atom. The standard InChI is InChI=1S/C18H17ClN2O4/c1-10-8-13(19)4-6-15(10)23-9-14-5-7-16(24-14)18(22)20-17-11(2)21-25-12(17)3/h4-8H,9H2,1-3H3,(H,20,22). The van der Waals surface area contributed by atoms with E-state index in [0.29, 0.717) is 33.7 Å². The monoisotopic (exact) mass is 360 g/mol. The van der Waals surface area contributed by atoms with E-state index in [0.717, 1.165) is 5.56 Å². The summed E-state index contributed by atoms with van der Waals surface area (Å²) in [4.78, 5) is 12.3. The minimum Gasteiger partial charge on any atom is -0.485 e. The van der Waals surface area contributed by atoms with Crippen molar-refractivity contribution >= 4 is 23.2 Å². The van der Waals surface area contributed by atoms with Crippen molar-refractivity contribution in [3.05, 3.63) is 63.9 Å². The van der Waals surface area contributed by atoms with Crippen molar-refractivity contribution in [2.24, 2.45) is 0 Å². The zero-order chi connectivity index (χ0) is 18.0. The maximum atomic E-state index is 12.3. The van der Waals surface area contributed by atoms with Crippen LogP contribution in [0.1, 0.15) is 33.3 Å². The number of ether oxygens (including phenoxy) is 1. The van der Waals surface area contributed by atoms with E-state index in [4.69, 9.17) is 25.3 Å². The Kier molecular flexibility index (Phi) is 4.81. The summed E-state index contributed by atoms with van der Waals surface area (Å²) in [5.74, 6) is 1.61. The molecular formula is C18H17ClN2O4. The molecule has 2 aromatic heterocycles. The van der Waals surface area contributed by atoms with E-state index in [1.165, 1.54) is 0 Å². The molecule has 0 saturated heterocycles. The van der Waals surface area contributed by atoms with Crippen molar-refractivity contribution in [1.29, 1.82) is 0 Å². The first-order valence-corrected chi connectivity index (χ1v) is 8.03. The van der Waals surface area contributed by atoms with Crippen LogP contribution in [0.25, 0.3) is 0 Å². The number of hydrogen-bond acceptors (Lipinski definition) is 5. The highest BCUT2D eigenvalue weighted by molar-refractivity contribution is 6.30. The molecule has 130 valence electrons. The van der Waals surface area contributed by atoms with Gasteiger partial charge in [0.1, 0.15) is 29.5 Å². The summed E-state index contributed by atoms with van der Waals surface area (Å²) in [5, 5.41) is 7.18. The van der Waals surface area contributed by atoms with Gasteiger partial charge >= 0.3 is 0 Å². The summed E-state index contributed by atoms with van der Waals surface area (Å²) in [6.45, 7) is 5.60. The van der Waals surface area contributed by atoms with E-state index in [-0.39, 0.29) is 18.3 Å². The van der Waals surface area contributed by atoms with E-state index >= 15 is 0 Å². The average molecular weight is 361 g/mol. The molecule has 0 atom stereocenters. The number of aryl methyl sites for hydroxylation is 3. The predicted molar refractivity (Wildman–Crippen MR) is 93.2 cm³/mol. The number of carbonyl (C=O) groups is 1. The Morgan fingerprint density at radius 2 is 2.04 bits per heavy atom. The Balaban J connectivity index is 1.65. The lowest BCUT2D eigenvalue weighted by molar-refractivity contribution is 0.0992.